The predicted molar refractivity (Wildman–Crippen MR) is 144 cm³/mol. The number of thiazole rings is 1. The molecule has 2 aromatic heterocycles. The summed E-state index contributed by atoms with van der Waals surface area (Å²) in [6, 6.07) is 16.0. The summed E-state index contributed by atoms with van der Waals surface area (Å²) in [5.74, 6) is -1.05. The van der Waals surface area contributed by atoms with E-state index in [2.05, 4.69) is 15.3 Å². The summed E-state index contributed by atoms with van der Waals surface area (Å²) in [4.78, 5) is 43.8. The van der Waals surface area contributed by atoms with Gasteiger partial charge < -0.3 is 9.47 Å². The molecule has 0 N–H and O–H groups in total. The number of aromatic nitrogens is 4. The predicted octanol–water partition coefficient (Wildman–Crippen LogP) is 2.56. The smallest absolute Gasteiger partial charge is 0.360 e. The van der Waals surface area contributed by atoms with Crippen LogP contribution in [0.3, 0.4) is 0 Å². The van der Waals surface area contributed by atoms with Crippen LogP contribution in [0.5, 0.6) is 0 Å². The molecule has 0 radical (unpaired) electrons. The summed E-state index contributed by atoms with van der Waals surface area (Å²) in [6.45, 7) is 5.67. The van der Waals surface area contributed by atoms with Gasteiger partial charge in [0.25, 0.3) is 5.56 Å². The van der Waals surface area contributed by atoms with Crippen LogP contribution >= 0.6 is 11.3 Å². The molecule has 0 spiro atoms. The number of ether oxygens (including phenoxy) is 2. The van der Waals surface area contributed by atoms with Gasteiger partial charge in [0.05, 0.1) is 46.9 Å². The molecule has 2 aromatic carbocycles. The highest BCUT2D eigenvalue weighted by molar-refractivity contribution is 7.07. The highest BCUT2D eigenvalue weighted by Gasteiger charge is 2.33. The van der Waals surface area contributed by atoms with Crippen LogP contribution in [-0.4, -0.2) is 44.7 Å². The van der Waals surface area contributed by atoms with Crippen LogP contribution in [0.4, 0.5) is 0 Å². The Hall–Kier alpha value is -4.64. The zero-order valence-electron chi connectivity index (χ0n) is 21.5. The van der Waals surface area contributed by atoms with Crippen molar-refractivity contribution in [2.75, 3.05) is 13.2 Å². The quantitative estimate of drug-likeness (QED) is 0.329. The zero-order valence-corrected chi connectivity index (χ0v) is 22.3. The molecular weight excluding hydrogens is 518 g/mol. The third-order valence-corrected chi connectivity index (χ3v) is 7.03. The lowest BCUT2D eigenvalue weighted by atomic mass is 9.96. The minimum atomic E-state index is -0.661. The van der Waals surface area contributed by atoms with Gasteiger partial charge in [0.15, 0.2) is 10.5 Å². The molecule has 0 aliphatic carbocycles. The molecule has 1 atom stereocenters. The van der Waals surface area contributed by atoms with E-state index in [-0.39, 0.29) is 24.5 Å². The van der Waals surface area contributed by atoms with Gasteiger partial charge in [0.2, 0.25) is 0 Å². The zero-order chi connectivity index (χ0) is 27.5. The van der Waals surface area contributed by atoms with Crippen molar-refractivity contribution in [1.29, 1.82) is 0 Å². The van der Waals surface area contributed by atoms with Crippen LogP contribution in [-0.2, 0) is 14.3 Å². The van der Waals surface area contributed by atoms with E-state index in [0.717, 1.165) is 11.1 Å². The van der Waals surface area contributed by atoms with E-state index in [9.17, 15) is 14.4 Å². The number of fused-ring (bicyclic) bond motifs is 1. The number of nitrogens with zero attached hydrogens (tertiary/aromatic N) is 5. The molecular formula is C28H25N5O5S. The van der Waals surface area contributed by atoms with E-state index in [0.29, 0.717) is 26.3 Å². The molecule has 198 valence electrons. The fourth-order valence-electron chi connectivity index (χ4n) is 4.34. The second kappa shape index (κ2) is 11.0. The first-order chi connectivity index (χ1) is 18.9. The lowest BCUT2D eigenvalue weighted by Gasteiger charge is -2.24. The number of allylic oxidation sites excluding steroid dienone is 1. The van der Waals surface area contributed by atoms with Crippen molar-refractivity contribution in [2.24, 2.45) is 4.99 Å². The van der Waals surface area contributed by atoms with Gasteiger partial charge in [0, 0.05) is 0 Å². The van der Waals surface area contributed by atoms with E-state index in [1.807, 2.05) is 54.6 Å². The summed E-state index contributed by atoms with van der Waals surface area (Å²) in [5, 5.41) is 7.91. The molecule has 3 heterocycles. The normalized spacial score (nSPS) is 15.1. The Bertz CT molecular complexity index is 1770. The molecule has 4 aromatic rings. The first-order valence-electron chi connectivity index (χ1n) is 12.4. The molecule has 39 heavy (non-hydrogen) atoms. The Labute approximate surface area is 227 Å². The van der Waals surface area contributed by atoms with Gasteiger partial charge >= 0.3 is 11.9 Å². The molecule has 10 nitrogen and oxygen atoms in total. The monoisotopic (exact) mass is 543 g/mol. The molecule has 11 heteroatoms. The third kappa shape index (κ3) is 5.08. The first-order valence-corrected chi connectivity index (χ1v) is 13.2. The number of esters is 2. The Morgan fingerprint density at radius 3 is 2.51 bits per heavy atom. The molecule has 1 aliphatic rings. The Morgan fingerprint density at radius 1 is 1.03 bits per heavy atom. The van der Waals surface area contributed by atoms with Gasteiger partial charge in [-0.25, -0.2) is 19.3 Å². The lowest BCUT2D eigenvalue weighted by Crippen LogP contribution is -2.39. The summed E-state index contributed by atoms with van der Waals surface area (Å²) >= 11 is 1.25. The summed E-state index contributed by atoms with van der Waals surface area (Å²) < 4.78 is 13.8. The second-order valence-corrected chi connectivity index (χ2v) is 9.59. The fraction of sp³-hybridized carbons (Fsp3) is 0.214. The molecule has 1 unspecified atom stereocenters. The molecule has 0 amide bonds. The number of hydrogen-bond donors (Lipinski definition) is 0. The lowest BCUT2D eigenvalue weighted by molar-refractivity contribution is -0.139. The van der Waals surface area contributed by atoms with Crippen LogP contribution in [0.2, 0.25) is 0 Å². The van der Waals surface area contributed by atoms with E-state index in [1.54, 1.807) is 31.4 Å². The van der Waals surface area contributed by atoms with Crippen LogP contribution in [0.25, 0.3) is 11.8 Å². The van der Waals surface area contributed by atoms with E-state index in [4.69, 9.17) is 9.47 Å². The SMILES string of the molecule is CCOC(=O)C1=C(C)N=c2s/c(=C\c3cccc(-n4cc(C(=O)OCC)nn4)c3)c(=O)n2C1c1ccccc1. The van der Waals surface area contributed by atoms with Gasteiger partial charge in [-0.1, -0.05) is 59.0 Å². The number of rotatable bonds is 7. The Morgan fingerprint density at radius 2 is 1.77 bits per heavy atom. The summed E-state index contributed by atoms with van der Waals surface area (Å²) in [7, 11) is 0. The first kappa shape index (κ1) is 26.0. The molecule has 5 rings (SSSR count). The van der Waals surface area contributed by atoms with Crippen LogP contribution in [0.1, 0.15) is 48.4 Å². The summed E-state index contributed by atoms with van der Waals surface area (Å²) in [5.41, 5.74) is 2.87. The van der Waals surface area contributed by atoms with Crippen molar-refractivity contribution in [3.05, 3.63) is 109 Å². The fourth-order valence-corrected chi connectivity index (χ4v) is 5.39. The number of carbonyl (C=O) groups excluding carboxylic acids is 2. The van der Waals surface area contributed by atoms with Crippen molar-refractivity contribution in [2.45, 2.75) is 26.8 Å². The molecule has 0 bridgehead atoms. The number of benzene rings is 2. The van der Waals surface area contributed by atoms with Crippen molar-refractivity contribution in [3.8, 4) is 5.69 Å². The van der Waals surface area contributed by atoms with E-state index < -0.39 is 18.0 Å². The topological polar surface area (TPSA) is 118 Å². The van der Waals surface area contributed by atoms with Crippen LogP contribution < -0.4 is 14.9 Å². The van der Waals surface area contributed by atoms with Gasteiger partial charge in [0.1, 0.15) is 0 Å². The highest BCUT2D eigenvalue weighted by Crippen LogP contribution is 2.30. The van der Waals surface area contributed by atoms with Gasteiger partial charge in [-0.05, 0) is 50.1 Å². The largest absolute Gasteiger partial charge is 0.463 e. The average molecular weight is 544 g/mol. The van der Waals surface area contributed by atoms with Crippen molar-refractivity contribution < 1.29 is 19.1 Å². The maximum atomic E-state index is 13.8. The van der Waals surface area contributed by atoms with Crippen molar-refractivity contribution >= 4 is 29.4 Å². The Balaban J connectivity index is 1.58. The molecule has 0 fully saturated rings. The van der Waals surface area contributed by atoms with Gasteiger partial charge in [-0.15, -0.1) is 5.10 Å². The van der Waals surface area contributed by atoms with Crippen molar-refractivity contribution in [3.63, 3.8) is 0 Å². The van der Waals surface area contributed by atoms with E-state index >= 15 is 0 Å². The molecule has 0 saturated carbocycles. The maximum absolute atomic E-state index is 13.8. The summed E-state index contributed by atoms with van der Waals surface area (Å²) in [6.07, 6.45) is 3.26. The second-order valence-electron chi connectivity index (χ2n) is 8.58. The van der Waals surface area contributed by atoms with Gasteiger partial charge in [-0.3, -0.25) is 9.36 Å². The standard InChI is InChI=1S/C28H25N5O5S/c1-4-37-26(35)21-16-32(31-30-21)20-13-9-10-18(14-20)15-22-25(34)33-24(19-11-7-6-8-12-19)23(27(36)38-5-2)17(3)29-28(33)39-22/h6-16,24H,4-5H2,1-3H3/b22-15-. The minimum absolute atomic E-state index is 0.101. The third-order valence-electron chi connectivity index (χ3n) is 6.04. The minimum Gasteiger partial charge on any atom is -0.463 e. The maximum Gasteiger partial charge on any atom is 0.360 e. The highest BCUT2D eigenvalue weighted by atomic mass is 32.1. The number of carbonyl (C=O) groups is 2. The molecule has 0 saturated heterocycles. The van der Waals surface area contributed by atoms with Gasteiger partial charge in [-0.2, -0.15) is 0 Å². The Kier molecular flexibility index (Phi) is 7.33. The van der Waals surface area contributed by atoms with E-state index in [1.165, 1.54) is 22.2 Å². The number of hydrogen-bond acceptors (Lipinski definition) is 9. The van der Waals surface area contributed by atoms with Crippen molar-refractivity contribution in [1.82, 2.24) is 19.6 Å². The van der Waals surface area contributed by atoms with Crippen LogP contribution in [0.15, 0.2) is 81.9 Å². The average Bonchev–Trinajstić information content (AvgIpc) is 3.54. The molecule has 1 aliphatic heterocycles. The van der Waals surface area contributed by atoms with Crippen LogP contribution in [0, 0.1) is 0 Å².